The number of hydrogen-bond donors (Lipinski definition) is 2. The van der Waals surface area contributed by atoms with Crippen LogP contribution in [0.5, 0.6) is 0 Å². The number of nitrogens with one attached hydrogen (secondary N) is 1. The van der Waals surface area contributed by atoms with Gasteiger partial charge in [0.25, 0.3) is 0 Å². The van der Waals surface area contributed by atoms with Crippen molar-refractivity contribution in [1.29, 1.82) is 0 Å². The van der Waals surface area contributed by atoms with Crippen LogP contribution in [0.25, 0.3) is 0 Å². The first-order chi connectivity index (χ1) is 9.96. The zero-order valence-electron chi connectivity index (χ0n) is 12.8. The fourth-order valence-electron chi connectivity index (χ4n) is 6.44. The lowest BCUT2D eigenvalue weighted by Gasteiger charge is -2.59. The lowest BCUT2D eigenvalue weighted by molar-refractivity contribution is -0.152. The second-order valence-corrected chi connectivity index (χ2v) is 8.93. The van der Waals surface area contributed by atoms with E-state index in [0.29, 0.717) is 29.7 Å². The van der Waals surface area contributed by atoms with E-state index in [2.05, 4.69) is 17.1 Å². The highest BCUT2D eigenvalue weighted by Crippen LogP contribution is 2.57. The summed E-state index contributed by atoms with van der Waals surface area (Å²) in [6, 6.07) is 0.552. The molecule has 4 bridgehead atoms. The summed E-state index contributed by atoms with van der Waals surface area (Å²) in [6.07, 6.45) is 7.86. The van der Waals surface area contributed by atoms with Gasteiger partial charge in [-0.25, -0.2) is 4.79 Å². The molecule has 0 spiro atoms. The van der Waals surface area contributed by atoms with E-state index in [1.165, 1.54) is 25.7 Å². The van der Waals surface area contributed by atoms with Crippen LogP contribution >= 0.6 is 0 Å². The first kappa shape index (κ1) is 12.7. The summed E-state index contributed by atoms with van der Waals surface area (Å²) in [5.74, 6) is 2.47. The lowest BCUT2D eigenvalue weighted by Crippen LogP contribution is -2.62. The summed E-state index contributed by atoms with van der Waals surface area (Å²) >= 11 is 0. The summed E-state index contributed by atoms with van der Waals surface area (Å²) < 4.78 is 0. The zero-order valence-corrected chi connectivity index (χ0v) is 12.8. The number of carbonyl (C=O) groups excluding carboxylic acids is 1. The molecule has 0 aromatic carbocycles. The Morgan fingerprint density at radius 3 is 2.43 bits per heavy atom. The minimum Gasteiger partial charge on any atom is -0.390 e. The molecule has 2 N–H and O–H groups in total. The maximum absolute atomic E-state index is 12.6. The first-order valence-electron chi connectivity index (χ1n) is 8.77. The van der Waals surface area contributed by atoms with Gasteiger partial charge >= 0.3 is 6.03 Å². The van der Waals surface area contributed by atoms with Gasteiger partial charge in [-0.1, -0.05) is 0 Å². The van der Waals surface area contributed by atoms with Crippen molar-refractivity contribution in [2.75, 3.05) is 6.54 Å². The van der Waals surface area contributed by atoms with Crippen molar-refractivity contribution >= 4 is 6.03 Å². The Labute approximate surface area is 126 Å². The van der Waals surface area contributed by atoms with E-state index in [9.17, 15) is 9.90 Å². The lowest BCUT2D eigenvalue weighted by atomic mass is 9.52. The van der Waals surface area contributed by atoms with Crippen molar-refractivity contribution in [3.05, 3.63) is 0 Å². The highest BCUT2D eigenvalue weighted by atomic mass is 16.3. The van der Waals surface area contributed by atoms with Crippen molar-refractivity contribution in [2.45, 2.75) is 69.1 Å². The number of amides is 2. The van der Waals surface area contributed by atoms with Crippen LogP contribution in [-0.4, -0.2) is 39.8 Å². The molecular formula is C17H26N2O2. The average Bonchev–Trinajstić information content (AvgIpc) is 3.15. The van der Waals surface area contributed by atoms with E-state index in [-0.39, 0.29) is 11.6 Å². The van der Waals surface area contributed by atoms with Crippen LogP contribution in [-0.2, 0) is 0 Å². The molecule has 1 heterocycles. The Balaban J connectivity index is 1.42. The van der Waals surface area contributed by atoms with E-state index < -0.39 is 5.60 Å². The standard InChI is InChI=1S/C17H26N2O2/c1-16(13-2-3-13)9-19(15(20)18-16)14-11-4-10-5-12(14)8-17(21,6-10)7-11/h10-14,21H,2-9H2,1H3,(H,18,20)/t10?,11?,12?,14?,16-,17?/m0/s1. The van der Waals surface area contributed by atoms with Gasteiger partial charge in [-0.3, -0.25) is 0 Å². The van der Waals surface area contributed by atoms with E-state index in [0.717, 1.165) is 25.8 Å². The molecule has 1 aliphatic heterocycles. The summed E-state index contributed by atoms with van der Waals surface area (Å²) in [5.41, 5.74) is -0.397. The van der Waals surface area contributed by atoms with E-state index >= 15 is 0 Å². The quantitative estimate of drug-likeness (QED) is 0.818. The molecule has 6 fully saturated rings. The van der Waals surface area contributed by atoms with Gasteiger partial charge in [0.05, 0.1) is 11.1 Å². The van der Waals surface area contributed by atoms with Gasteiger partial charge in [-0.15, -0.1) is 0 Å². The molecule has 2 amide bonds. The van der Waals surface area contributed by atoms with Gasteiger partial charge < -0.3 is 15.3 Å². The molecule has 0 aromatic heterocycles. The van der Waals surface area contributed by atoms with E-state index in [4.69, 9.17) is 0 Å². The molecule has 6 rings (SSSR count). The van der Waals surface area contributed by atoms with Crippen LogP contribution in [0.15, 0.2) is 0 Å². The number of urea groups is 1. The monoisotopic (exact) mass is 290 g/mol. The number of carbonyl (C=O) groups is 1. The van der Waals surface area contributed by atoms with Crippen molar-refractivity contribution in [3.8, 4) is 0 Å². The maximum atomic E-state index is 12.6. The third kappa shape index (κ3) is 1.74. The third-order valence-corrected chi connectivity index (χ3v) is 7.18. The minimum absolute atomic E-state index is 0.00263. The molecule has 4 heteroatoms. The summed E-state index contributed by atoms with van der Waals surface area (Å²) in [7, 11) is 0. The SMILES string of the molecule is C[C@@]1(C2CC2)CN(C2C3CC4CC2CC(O)(C4)C3)C(=O)N1. The average molecular weight is 290 g/mol. The third-order valence-electron chi connectivity index (χ3n) is 7.18. The van der Waals surface area contributed by atoms with Crippen LogP contribution in [0.3, 0.4) is 0 Å². The first-order valence-corrected chi connectivity index (χ1v) is 8.77. The fraction of sp³-hybridized carbons (Fsp3) is 0.941. The van der Waals surface area contributed by atoms with Crippen molar-refractivity contribution in [3.63, 3.8) is 0 Å². The Morgan fingerprint density at radius 1 is 1.19 bits per heavy atom. The fourth-order valence-corrected chi connectivity index (χ4v) is 6.44. The zero-order chi connectivity index (χ0) is 14.4. The number of rotatable bonds is 2. The van der Waals surface area contributed by atoms with Crippen molar-refractivity contribution in [2.24, 2.45) is 23.7 Å². The summed E-state index contributed by atoms with van der Waals surface area (Å²) in [4.78, 5) is 14.7. The summed E-state index contributed by atoms with van der Waals surface area (Å²) in [6.45, 7) is 3.11. The molecule has 0 radical (unpaired) electrons. The molecule has 2 unspecified atom stereocenters. The van der Waals surface area contributed by atoms with Crippen LogP contribution in [0.2, 0.25) is 0 Å². The minimum atomic E-state index is -0.400. The molecule has 5 saturated carbocycles. The number of hydrogen-bond acceptors (Lipinski definition) is 2. The van der Waals surface area contributed by atoms with Gasteiger partial charge in [0, 0.05) is 12.6 Å². The van der Waals surface area contributed by atoms with Gasteiger partial charge in [-0.05, 0) is 75.5 Å². The molecule has 6 aliphatic rings. The van der Waals surface area contributed by atoms with Gasteiger partial charge in [0.2, 0.25) is 0 Å². The number of nitrogens with zero attached hydrogens (tertiary/aromatic N) is 1. The molecule has 116 valence electrons. The van der Waals surface area contributed by atoms with Crippen molar-refractivity contribution in [1.82, 2.24) is 10.2 Å². The summed E-state index contributed by atoms with van der Waals surface area (Å²) in [5, 5.41) is 14.0. The van der Waals surface area contributed by atoms with E-state index in [1.54, 1.807) is 0 Å². The van der Waals surface area contributed by atoms with Crippen molar-refractivity contribution < 1.29 is 9.90 Å². The van der Waals surface area contributed by atoms with E-state index in [1.807, 2.05) is 0 Å². The Bertz CT molecular complexity index is 487. The highest BCUT2D eigenvalue weighted by molar-refractivity contribution is 5.78. The maximum Gasteiger partial charge on any atom is 0.318 e. The Kier molecular flexibility index (Phi) is 2.28. The van der Waals surface area contributed by atoms with Crippen LogP contribution in [0.4, 0.5) is 4.79 Å². The van der Waals surface area contributed by atoms with Crippen LogP contribution < -0.4 is 5.32 Å². The second kappa shape index (κ2) is 3.76. The highest BCUT2D eigenvalue weighted by Gasteiger charge is 2.59. The molecule has 1 saturated heterocycles. The van der Waals surface area contributed by atoms with Gasteiger partial charge in [0.1, 0.15) is 0 Å². The molecule has 4 nitrogen and oxygen atoms in total. The smallest absolute Gasteiger partial charge is 0.318 e. The number of aliphatic hydroxyl groups is 1. The predicted molar refractivity (Wildman–Crippen MR) is 78.7 cm³/mol. The molecule has 3 atom stereocenters. The largest absolute Gasteiger partial charge is 0.390 e. The molecular weight excluding hydrogens is 264 g/mol. The molecule has 0 aromatic rings. The second-order valence-electron chi connectivity index (χ2n) is 8.93. The van der Waals surface area contributed by atoms with Gasteiger partial charge in [0.15, 0.2) is 0 Å². The predicted octanol–water partition coefficient (Wildman–Crippen LogP) is 2.12. The van der Waals surface area contributed by atoms with Gasteiger partial charge in [-0.2, -0.15) is 0 Å². The van der Waals surface area contributed by atoms with Crippen LogP contribution in [0.1, 0.15) is 51.9 Å². The Hall–Kier alpha value is -0.770. The Morgan fingerprint density at radius 2 is 1.86 bits per heavy atom. The normalized spacial score (nSPS) is 55.1. The molecule has 5 aliphatic carbocycles. The topological polar surface area (TPSA) is 52.6 Å². The van der Waals surface area contributed by atoms with Crippen LogP contribution in [0, 0.1) is 23.7 Å². The molecule has 21 heavy (non-hydrogen) atoms.